The first kappa shape index (κ1) is 13.7. The minimum absolute atomic E-state index is 0.123. The summed E-state index contributed by atoms with van der Waals surface area (Å²) in [5.41, 5.74) is 5.24. The fourth-order valence-corrected chi connectivity index (χ4v) is 2.58. The van der Waals surface area contributed by atoms with Crippen LogP contribution in [0.2, 0.25) is 0 Å². The molecule has 2 heterocycles. The number of pyridine rings is 1. The number of nitrogens with two attached hydrogens (primary N) is 1. The van der Waals surface area contributed by atoms with Crippen molar-refractivity contribution in [3.05, 3.63) is 26.9 Å². The van der Waals surface area contributed by atoms with E-state index in [2.05, 4.69) is 20.9 Å². The minimum atomic E-state index is -0.527. The smallest absolute Gasteiger partial charge is 0.312 e. The van der Waals surface area contributed by atoms with Gasteiger partial charge in [-0.3, -0.25) is 14.9 Å². The molecule has 1 amide bonds. The van der Waals surface area contributed by atoms with Crippen molar-refractivity contribution in [2.45, 2.75) is 25.3 Å². The SMILES string of the molecule is NC(=O)C1CCCCN1c1ncc(Br)cc1[N+](=O)[O-]. The fourth-order valence-electron chi connectivity index (χ4n) is 2.26. The Morgan fingerprint density at radius 1 is 1.58 bits per heavy atom. The Morgan fingerprint density at radius 3 is 2.95 bits per heavy atom. The lowest BCUT2D eigenvalue weighted by Gasteiger charge is -2.34. The Kier molecular flexibility index (Phi) is 3.98. The Labute approximate surface area is 118 Å². The summed E-state index contributed by atoms with van der Waals surface area (Å²) >= 11 is 3.16. The van der Waals surface area contributed by atoms with Gasteiger partial charge in [-0.25, -0.2) is 4.98 Å². The number of amides is 1. The van der Waals surface area contributed by atoms with Crippen LogP contribution in [0.1, 0.15) is 19.3 Å². The highest BCUT2D eigenvalue weighted by Crippen LogP contribution is 2.32. The van der Waals surface area contributed by atoms with Gasteiger partial charge in [-0.2, -0.15) is 0 Å². The monoisotopic (exact) mass is 328 g/mol. The molecule has 1 aromatic heterocycles. The quantitative estimate of drug-likeness (QED) is 0.670. The minimum Gasteiger partial charge on any atom is -0.368 e. The summed E-state index contributed by atoms with van der Waals surface area (Å²) in [5, 5.41) is 11.1. The Balaban J connectivity index is 2.44. The maximum Gasteiger partial charge on any atom is 0.312 e. The molecule has 0 spiro atoms. The Hall–Kier alpha value is -1.70. The van der Waals surface area contributed by atoms with E-state index in [4.69, 9.17) is 5.73 Å². The van der Waals surface area contributed by atoms with Crippen LogP contribution >= 0.6 is 15.9 Å². The average molecular weight is 329 g/mol. The fraction of sp³-hybridized carbons (Fsp3) is 0.455. The van der Waals surface area contributed by atoms with Gasteiger partial charge in [-0.05, 0) is 35.2 Å². The zero-order chi connectivity index (χ0) is 14.0. The van der Waals surface area contributed by atoms with Gasteiger partial charge in [-0.15, -0.1) is 0 Å². The van der Waals surface area contributed by atoms with Crippen LogP contribution in [0.5, 0.6) is 0 Å². The molecule has 1 saturated heterocycles. The van der Waals surface area contributed by atoms with Crippen molar-refractivity contribution in [2.24, 2.45) is 5.73 Å². The standard InChI is InChI=1S/C11H13BrN4O3/c12-7-5-9(16(18)19)11(14-6-7)15-4-2-1-3-8(15)10(13)17/h5-6,8H,1-4H2,(H2,13,17). The molecule has 1 aliphatic heterocycles. The maximum atomic E-state index is 11.5. The average Bonchev–Trinajstić information content (AvgIpc) is 2.38. The molecule has 7 nitrogen and oxygen atoms in total. The van der Waals surface area contributed by atoms with Gasteiger partial charge >= 0.3 is 5.69 Å². The zero-order valence-electron chi connectivity index (χ0n) is 10.1. The normalized spacial score (nSPS) is 19.2. The van der Waals surface area contributed by atoms with E-state index in [-0.39, 0.29) is 11.5 Å². The van der Waals surface area contributed by atoms with Crippen molar-refractivity contribution in [3.63, 3.8) is 0 Å². The second kappa shape index (κ2) is 5.52. The predicted octanol–water partition coefficient (Wildman–Crippen LogP) is 1.60. The van der Waals surface area contributed by atoms with Crippen molar-refractivity contribution >= 4 is 33.3 Å². The highest BCUT2D eigenvalue weighted by molar-refractivity contribution is 9.10. The van der Waals surface area contributed by atoms with Crippen molar-refractivity contribution in [3.8, 4) is 0 Å². The molecule has 19 heavy (non-hydrogen) atoms. The molecule has 0 aromatic carbocycles. The van der Waals surface area contributed by atoms with Crippen LogP contribution < -0.4 is 10.6 Å². The van der Waals surface area contributed by atoms with Crippen LogP contribution in [-0.2, 0) is 4.79 Å². The molecule has 1 unspecified atom stereocenters. The number of primary amides is 1. The van der Waals surface area contributed by atoms with Gasteiger partial charge in [0.05, 0.1) is 4.92 Å². The van der Waals surface area contributed by atoms with Gasteiger partial charge < -0.3 is 10.6 Å². The molecule has 2 rings (SSSR count). The number of nitrogens with zero attached hydrogens (tertiary/aromatic N) is 3. The number of rotatable bonds is 3. The number of aromatic nitrogens is 1. The lowest BCUT2D eigenvalue weighted by atomic mass is 10.0. The van der Waals surface area contributed by atoms with Crippen LogP contribution in [-0.4, -0.2) is 28.4 Å². The molecule has 0 saturated carbocycles. The second-order valence-corrected chi connectivity index (χ2v) is 5.28. The van der Waals surface area contributed by atoms with E-state index in [0.29, 0.717) is 17.4 Å². The molecule has 0 radical (unpaired) electrons. The van der Waals surface area contributed by atoms with Crippen molar-refractivity contribution in [2.75, 3.05) is 11.4 Å². The molecule has 1 atom stereocenters. The number of hydrogen-bond donors (Lipinski definition) is 1. The molecule has 1 fully saturated rings. The molecule has 0 bridgehead atoms. The molecule has 1 aromatic rings. The maximum absolute atomic E-state index is 11.5. The van der Waals surface area contributed by atoms with E-state index in [1.165, 1.54) is 12.3 Å². The van der Waals surface area contributed by atoms with Gasteiger partial charge in [0.1, 0.15) is 6.04 Å². The Morgan fingerprint density at radius 2 is 2.32 bits per heavy atom. The molecular weight excluding hydrogens is 316 g/mol. The number of anilines is 1. The van der Waals surface area contributed by atoms with Gasteiger partial charge in [0.15, 0.2) is 0 Å². The molecule has 8 heteroatoms. The van der Waals surface area contributed by atoms with Gasteiger partial charge in [0.25, 0.3) is 0 Å². The highest BCUT2D eigenvalue weighted by atomic mass is 79.9. The van der Waals surface area contributed by atoms with Crippen LogP contribution in [0.25, 0.3) is 0 Å². The van der Waals surface area contributed by atoms with Crippen molar-refractivity contribution in [1.82, 2.24) is 4.98 Å². The number of carbonyl (C=O) groups is 1. The first-order valence-electron chi connectivity index (χ1n) is 5.86. The summed E-state index contributed by atoms with van der Waals surface area (Å²) in [7, 11) is 0. The van der Waals surface area contributed by atoms with Crippen LogP contribution in [0.15, 0.2) is 16.7 Å². The molecule has 2 N–H and O–H groups in total. The van der Waals surface area contributed by atoms with Gasteiger partial charge in [0, 0.05) is 23.3 Å². The summed E-state index contributed by atoms with van der Waals surface area (Å²) in [4.78, 5) is 27.8. The number of hydrogen-bond acceptors (Lipinski definition) is 5. The molecular formula is C11H13BrN4O3. The third kappa shape index (κ3) is 2.83. The molecule has 102 valence electrons. The Bertz CT molecular complexity index is 523. The lowest BCUT2D eigenvalue weighted by molar-refractivity contribution is -0.384. The van der Waals surface area contributed by atoms with E-state index in [9.17, 15) is 14.9 Å². The predicted molar refractivity (Wildman–Crippen MR) is 72.8 cm³/mol. The topological polar surface area (TPSA) is 102 Å². The van der Waals surface area contributed by atoms with Gasteiger partial charge in [-0.1, -0.05) is 0 Å². The first-order chi connectivity index (χ1) is 9.00. The molecule has 0 aliphatic carbocycles. The second-order valence-electron chi connectivity index (χ2n) is 4.36. The van der Waals surface area contributed by atoms with Crippen LogP contribution in [0.4, 0.5) is 11.5 Å². The number of halogens is 1. The zero-order valence-corrected chi connectivity index (χ0v) is 11.7. The third-order valence-electron chi connectivity index (χ3n) is 3.11. The van der Waals surface area contributed by atoms with Crippen molar-refractivity contribution in [1.29, 1.82) is 0 Å². The number of carbonyl (C=O) groups excluding carboxylic acids is 1. The summed E-state index contributed by atoms with van der Waals surface area (Å²) in [6.45, 7) is 0.545. The van der Waals surface area contributed by atoms with Crippen LogP contribution in [0.3, 0.4) is 0 Å². The van der Waals surface area contributed by atoms with E-state index < -0.39 is 16.9 Å². The highest BCUT2D eigenvalue weighted by Gasteiger charge is 2.32. The van der Waals surface area contributed by atoms with Crippen molar-refractivity contribution < 1.29 is 9.72 Å². The van der Waals surface area contributed by atoms with E-state index in [1.54, 1.807) is 4.90 Å². The van der Waals surface area contributed by atoms with Crippen LogP contribution in [0, 0.1) is 10.1 Å². The first-order valence-corrected chi connectivity index (χ1v) is 6.66. The lowest BCUT2D eigenvalue weighted by Crippen LogP contribution is -2.48. The third-order valence-corrected chi connectivity index (χ3v) is 3.55. The largest absolute Gasteiger partial charge is 0.368 e. The summed E-state index contributed by atoms with van der Waals surface area (Å²) in [6, 6.07) is 0.857. The number of piperidine rings is 1. The number of nitro groups is 1. The molecule has 1 aliphatic rings. The van der Waals surface area contributed by atoms with Gasteiger partial charge in [0.2, 0.25) is 11.7 Å². The summed E-state index contributed by atoms with van der Waals surface area (Å²) < 4.78 is 0.524. The van der Waals surface area contributed by atoms with E-state index in [0.717, 1.165) is 12.8 Å². The van der Waals surface area contributed by atoms with E-state index in [1.807, 2.05) is 0 Å². The summed E-state index contributed by atoms with van der Waals surface area (Å²) in [5.74, 6) is -0.268. The van der Waals surface area contributed by atoms with E-state index >= 15 is 0 Å². The summed E-state index contributed by atoms with van der Waals surface area (Å²) in [6.07, 6.45) is 3.83.